The van der Waals surface area contributed by atoms with Gasteiger partial charge in [-0.15, -0.1) is 0 Å². The predicted octanol–water partition coefficient (Wildman–Crippen LogP) is 3.62. The largest absolute Gasteiger partial charge is 0.417 e. The van der Waals surface area contributed by atoms with Crippen LogP contribution in [0, 0.1) is 0 Å². The molecule has 0 unspecified atom stereocenters. The van der Waals surface area contributed by atoms with Gasteiger partial charge in [-0.3, -0.25) is 9.59 Å². The summed E-state index contributed by atoms with van der Waals surface area (Å²) < 4.78 is 39.1. The molecule has 144 valence electrons. The maximum Gasteiger partial charge on any atom is 0.417 e. The Labute approximate surface area is 155 Å². The number of hydrogen-bond donors (Lipinski definition) is 1. The topological polar surface area (TPSA) is 51.1 Å². The molecule has 0 saturated carbocycles. The first-order valence-corrected chi connectivity index (χ1v) is 8.93. The summed E-state index contributed by atoms with van der Waals surface area (Å²) in [5.74, 6) is -0.512. The summed E-state index contributed by atoms with van der Waals surface area (Å²) in [6.07, 6.45) is 0.520. The van der Waals surface area contributed by atoms with Crippen LogP contribution in [0.4, 0.5) is 13.2 Å². The van der Waals surface area contributed by atoms with Crippen molar-refractivity contribution >= 4 is 5.91 Å². The van der Waals surface area contributed by atoms with Gasteiger partial charge < -0.3 is 9.88 Å². The Morgan fingerprint density at radius 2 is 1.85 bits per heavy atom. The van der Waals surface area contributed by atoms with Crippen LogP contribution in [0.1, 0.15) is 48.1 Å². The molecule has 27 heavy (non-hydrogen) atoms. The number of benzene rings is 1. The molecule has 0 bridgehead atoms. The molecule has 1 aliphatic rings. The normalized spacial score (nSPS) is 15.1. The van der Waals surface area contributed by atoms with Crippen LogP contribution < -0.4 is 10.9 Å². The highest BCUT2D eigenvalue weighted by atomic mass is 19.4. The number of fused-ring (bicyclic) bond motifs is 1. The molecule has 3 rings (SSSR count). The van der Waals surface area contributed by atoms with Crippen molar-refractivity contribution < 1.29 is 18.0 Å². The Hall–Kier alpha value is -2.57. The van der Waals surface area contributed by atoms with Gasteiger partial charge >= 0.3 is 6.18 Å². The van der Waals surface area contributed by atoms with Crippen molar-refractivity contribution in [1.29, 1.82) is 0 Å². The molecular formula is C20H21F3N2O2. The van der Waals surface area contributed by atoms with E-state index in [-0.39, 0.29) is 6.04 Å². The summed E-state index contributed by atoms with van der Waals surface area (Å²) in [6.45, 7) is 1.36. The Balaban J connectivity index is 1.70. The number of nitrogens with one attached hydrogen (secondary N) is 1. The van der Waals surface area contributed by atoms with Crippen LogP contribution >= 0.6 is 0 Å². The number of hydrogen-bond acceptors (Lipinski definition) is 2. The Bertz CT molecular complexity index is 903. The fourth-order valence-corrected chi connectivity index (χ4v) is 3.37. The Morgan fingerprint density at radius 1 is 1.15 bits per heavy atom. The van der Waals surface area contributed by atoms with E-state index in [1.807, 2.05) is 13.0 Å². The number of pyridine rings is 1. The molecule has 1 amide bonds. The van der Waals surface area contributed by atoms with Gasteiger partial charge in [0, 0.05) is 12.3 Å². The van der Waals surface area contributed by atoms with Crippen molar-refractivity contribution in [3.05, 3.63) is 69.1 Å². The van der Waals surface area contributed by atoms with Gasteiger partial charge in [0.2, 0.25) is 5.91 Å². The van der Waals surface area contributed by atoms with Gasteiger partial charge in [0.25, 0.3) is 5.56 Å². The molecule has 1 aromatic heterocycles. The van der Waals surface area contributed by atoms with Crippen molar-refractivity contribution in [2.24, 2.45) is 0 Å². The summed E-state index contributed by atoms with van der Waals surface area (Å²) in [5, 5.41) is 2.76. The highest BCUT2D eigenvalue weighted by Crippen LogP contribution is 2.28. The third-order valence-corrected chi connectivity index (χ3v) is 4.87. The van der Waals surface area contributed by atoms with E-state index in [1.54, 1.807) is 0 Å². The van der Waals surface area contributed by atoms with Gasteiger partial charge in [-0.05, 0) is 55.4 Å². The standard InChI is InChI=1S/C20H21F3N2O2/c1-13(15-7-6-14-4-2-3-5-16(14)10-15)24-18(26)12-25-11-17(20(21,22)23)8-9-19(25)27/h6-11,13H,2-5,12H2,1H3,(H,24,26)/t13-/m0/s1. The molecule has 1 aliphatic carbocycles. The zero-order valence-electron chi connectivity index (χ0n) is 15.0. The van der Waals surface area contributed by atoms with Crippen molar-refractivity contribution in [2.45, 2.75) is 51.4 Å². The second-order valence-corrected chi connectivity index (χ2v) is 6.91. The lowest BCUT2D eigenvalue weighted by Gasteiger charge is -2.20. The zero-order chi connectivity index (χ0) is 19.6. The third kappa shape index (κ3) is 4.59. The quantitative estimate of drug-likeness (QED) is 0.884. The van der Waals surface area contributed by atoms with Gasteiger partial charge in [-0.1, -0.05) is 18.2 Å². The van der Waals surface area contributed by atoms with E-state index in [0.29, 0.717) is 12.3 Å². The summed E-state index contributed by atoms with van der Waals surface area (Å²) in [4.78, 5) is 24.0. The van der Waals surface area contributed by atoms with E-state index < -0.39 is 29.8 Å². The number of aromatic nitrogens is 1. The van der Waals surface area contributed by atoms with E-state index in [1.165, 1.54) is 17.5 Å². The van der Waals surface area contributed by atoms with Crippen LogP contribution in [0.15, 0.2) is 41.3 Å². The summed E-state index contributed by atoms with van der Waals surface area (Å²) in [5.41, 5.74) is 1.95. The second kappa shape index (κ2) is 7.58. The SMILES string of the molecule is C[C@H](NC(=O)Cn1cc(C(F)(F)F)ccc1=O)c1ccc2c(c1)CCCC2. The van der Waals surface area contributed by atoms with Gasteiger partial charge in [0.05, 0.1) is 11.6 Å². The monoisotopic (exact) mass is 378 g/mol. The first-order chi connectivity index (χ1) is 12.7. The number of aryl methyl sites for hydroxylation is 2. The van der Waals surface area contributed by atoms with Gasteiger partial charge in [0.15, 0.2) is 0 Å². The Kier molecular flexibility index (Phi) is 5.39. The molecule has 1 N–H and O–H groups in total. The average molecular weight is 378 g/mol. The number of carbonyl (C=O) groups is 1. The summed E-state index contributed by atoms with van der Waals surface area (Å²) in [6, 6.07) is 7.35. The molecule has 1 aromatic carbocycles. The van der Waals surface area contributed by atoms with E-state index in [0.717, 1.165) is 35.5 Å². The number of alkyl halides is 3. The molecule has 4 nitrogen and oxygen atoms in total. The summed E-state index contributed by atoms with van der Waals surface area (Å²) >= 11 is 0. The molecule has 0 radical (unpaired) electrons. The smallest absolute Gasteiger partial charge is 0.348 e. The number of halogens is 3. The van der Waals surface area contributed by atoms with Crippen LogP contribution in [-0.2, 0) is 30.4 Å². The lowest BCUT2D eigenvalue weighted by molar-refractivity contribution is -0.138. The van der Waals surface area contributed by atoms with Crippen LogP contribution in [0.25, 0.3) is 0 Å². The molecule has 0 saturated heterocycles. The van der Waals surface area contributed by atoms with Crippen LogP contribution in [0.2, 0.25) is 0 Å². The second-order valence-electron chi connectivity index (χ2n) is 6.91. The molecular weight excluding hydrogens is 357 g/mol. The lowest BCUT2D eigenvalue weighted by atomic mass is 9.89. The van der Waals surface area contributed by atoms with E-state index >= 15 is 0 Å². The fourth-order valence-electron chi connectivity index (χ4n) is 3.37. The first-order valence-electron chi connectivity index (χ1n) is 8.93. The highest BCUT2D eigenvalue weighted by molar-refractivity contribution is 5.76. The first kappa shape index (κ1) is 19.2. The van der Waals surface area contributed by atoms with E-state index in [9.17, 15) is 22.8 Å². The minimum atomic E-state index is -4.57. The molecule has 1 heterocycles. The number of rotatable bonds is 4. The minimum Gasteiger partial charge on any atom is -0.348 e. The van der Waals surface area contributed by atoms with Crippen LogP contribution in [0.3, 0.4) is 0 Å². The third-order valence-electron chi connectivity index (χ3n) is 4.87. The molecule has 0 aliphatic heterocycles. The zero-order valence-corrected chi connectivity index (χ0v) is 15.0. The number of amides is 1. The lowest BCUT2D eigenvalue weighted by Crippen LogP contribution is -2.34. The summed E-state index contributed by atoms with van der Waals surface area (Å²) in [7, 11) is 0. The van der Waals surface area contributed by atoms with Gasteiger partial charge in [0.1, 0.15) is 6.54 Å². The predicted molar refractivity (Wildman–Crippen MR) is 95.3 cm³/mol. The van der Waals surface area contributed by atoms with Gasteiger partial charge in [-0.2, -0.15) is 13.2 Å². The van der Waals surface area contributed by atoms with Gasteiger partial charge in [-0.25, -0.2) is 0 Å². The maximum absolute atomic E-state index is 12.8. The molecule has 0 spiro atoms. The maximum atomic E-state index is 12.8. The average Bonchev–Trinajstić information content (AvgIpc) is 2.62. The van der Waals surface area contributed by atoms with Crippen LogP contribution in [-0.4, -0.2) is 10.5 Å². The minimum absolute atomic E-state index is 0.300. The van der Waals surface area contributed by atoms with Crippen molar-refractivity contribution in [1.82, 2.24) is 9.88 Å². The molecule has 1 atom stereocenters. The number of nitrogens with zero attached hydrogens (tertiary/aromatic N) is 1. The van der Waals surface area contributed by atoms with Crippen molar-refractivity contribution in [3.8, 4) is 0 Å². The highest BCUT2D eigenvalue weighted by Gasteiger charge is 2.31. The van der Waals surface area contributed by atoms with E-state index in [2.05, 4.69) is 17.4 Å². The fraction of sp³-hybridized carbons (Fsp3) is 0.400. The number of carbonyl (C=O) groups excluding carboxylic acids is 1. The van der Waals surface area contributed by atoms with E-state index in [4.69, 9.17) is 0 Å². The molecule has 2 aromatic rings. The molecule has 7 heteroatoms. The van der Waals surface area contributed by atoms with Crippen molar-refractivity contribution in [3.63, 3.8) is 0 Å². The Morgan fingerprint density at radius 3 is 2.56 bits per heavy atom. The molecule has 0 fully saturated rings. The van der Waals surface area contributed by atoms with Crippen molar-refractivity contribution in [2.75, 3.05) is 0 Å². The van der Waals surface area contributed by atoms with Crippen LogP contribution in [0.5, 0.6) is 0 Å².